The number of nitrogens with zero attached hydrogens (tertiary/aromatic N) is 1. The molecule has 2 saturated heterocycles. The van der Waals surface area contributed by atoms with E-state index in [2.05, 4.69) is 10.1 Å². The number of hydrogen-bond donors (Lipinski definition) is 1. The van der Waals surface area contributed by atoms with Crippen LogP contribution in [0.4, 0.5) is 5.69 Å². The molecule has 128 valence electrons. The van der Waals surface area contributed by atoms with Gasteiger partial charge in [-0.05, 0) is 31.5 Å². The Morgan fingerprint density at radius 1 is 1.46 bits per heavy atom. The molecule has 1 aromatic carbocycles. The molecule has 2 aliphatic heterocycles. The van der Waals surface area contributed by atoms with E-state index in [-0.39, 0.29) is 27.3 Å². The highest BCUT2D eigenvalue weighted by molar-refractivity contribution is 8.01. The van der Waals surface area contributed by atoms with Crippen molar-refractivity contribution >= 4 is 46.8 Å². The third kappa shape index (κ3) is 2.86. The number of amides is 2. The molecule has 0 radical (unpaired) electrons. The summed E-state index contributed by atoms with van der Waals surface area (Å²) >= 11 is 7.60. The molecule has 2 fully saturated rings. The molecule has 6 nitrogen and oxygen atoms in total. The zero-order valence-electron chi connectivity index (χ0n) is 13.3. The topological polar surface area (TPSA) is 75.7 Å². The Balaban J connectivity index is 1.78. The Kier molecular flexibility index (Phi) is 4.48. The van der Waals surface area contributed by atoms with Crippen molar-refractivity contribution in [3.63, 3.8) is 0 Å². The SMILES string of the molecule is COC(=O)c1cc(NC(=O)[C@@H]2CS[C@]3(C)CCC(=O)N23)ccc1Cl. The quantitative estimate of drug-likeness (QED) is 0.830. The summed E-state index contributed by atoms with van der Waals surface area (Å²) in [6.07, 6.45) is 1.23. The molecule has 3 rings (SSSR count). The maximum absolute atomic E-state index is 12.6. The minimum Gasteiger partial charge on any atom is -0.465 e. The maximum Gasteiger partial charge on any atom is 0.339 e. The number of hydrogen-bond acceptors (Lipinski definition) is 5. The third-order valence-electron chi connectivity index (χ3n) is 4.39. The Bertz CT molecular complexity index is 726. The number of nitrogens with one attached hydrogen (secondary N) is 1. The molecule has 24 heavy (non-hydrogen) atoms. The van der Waals surface area contributed by atoms with Crippen molar-refractivity contribution in [3.05, 3.63) is 28.8 Å². The van der Waals surface area contributed by atoms with Crippen molar-refractivity contribution in [1.29, 1.82) is 0 Å². The first-order chi connectivity index (χ1) is 11.4. The van der Waals surface area contributed by atoms with Crippen LogP contribution < -0.4 is 5.32 Å². The fourth-order valence-electron chi connectivity index (χ4n) is 3.11. The van der Waals surface area contributed by atoms with Gasteiger partial charge in [0, 0.05) is 17.9 Å². The average Bonchev–Trinajstić information content (AvgIpc) is 3.05. The molecule has 1 N–H and O–H groups in total. The molecular weight excluding hydrogens is 352 g/mol. The number of anilines is 1. The van der Waals surface area contributed by atoms with Gasteiger partial charge in [-0.25, -0.2) is 4.79 Å². The van der Waals surface area contributed by atoms with Gasteiger partial charge in [0.2, 0.25) is 11.8 Å². The van der Waals surface area contributed by atoms with E-state index in [0.29, 0.717) is 17.9 Å². The van der Waals surface area contributed by atoms with Crippen molar-refractivity contribution in [3.8, 4) is 0 Å². The number of rotatable bonds is 3. The molecule has 0 saturated carbocycles. The minimum atomic E-state index is -0.574. The van der Waals surface area contributed by atoms with Crippen molar-refractivity contribution in [2.24, 2.45) is 0 Å². The van der Waals surface area contributed by atoms with Gasteiger partial charge in [0.15, 0.2) is 0 Å². The summed E-state index contributed by atoms with van der Waals surface area (Å²) in [5.74, 6) is -0.269. The summed E-state index contributed by atoms with van der Waals surface area (Å²) in [7, 11) is 1.26. The summed E-state index contributed by atoms with van der Waals surface area (Å²) < 4.78 is 4.67. The van der Waals surface area contributed by atoms with Crippen LogP contribution in [0.5, 0.6) is 0 Å². The number of halogens is 1. The number of benzene rings is 1. The first-order valence-corrected chi connectivity index (χ1v) is 8.87. The van der Waals surface area contributed by atoms with Crippen LogP contribution in [0.2, 0.25) is 5.02 Å². The highest BCUT2D eigenvalue weighted by Crippen LogP contribution is 2.47. The van der Waals surface area contributed by atoms with Crippen molar-refractivity contribution in [2.75, 3.05) is 18.2 Å². The first-order valence-electron chi connectivity index (χ1n) is 7.50. The Morgan fingerprint density at radius 3 is 2.92 bits per heavy atom. The molecule has 0 aromatic heterocycles. The number of carbonyl (C=O) groups excluding carboxylic acids is 3. The zero-order valence-corrected chi connectivity index (χ0v) is 14.9. The number of carbonyl (C=O) groups is 3. The van der Waals surface area contributed by atoms with Gasteiger partial charge in [-0.15, -0.1) is 11.8 Å². The van der Waals surface area contributed by atoms with E-state index in [1.165, 1.54) is 19.2 Å². The number of fused-ring (bicyclic) bond motifs is 1. The lowest BCUT2D eigenvalue weighted by atomic mass is 10.1. The van der Waals surface area contributed by atoms with Crippen molar-refractivity contribution in [2.45, 2.75) is 30.7 Å². The van der Waals surface area contributed by atoms with Gasteiger partial charge in [0.05, 0.1) is 22.6 Å². The van der Waals surface area contributed by atoms with Crippen LogP contribution in [-0.2, 0) is 14.3 Å². The standard InChI is InChI=1S/C16H17ClN2O4S/c1-16-6-5-13(20)19(16)12(8-24-16)14(21)18-9-3-4-11(17)10(7-9)15(22)23-2/h3-4,7,12H,5-6,8H2,1-2H3,(H,18,21)/t12-,16+/m0/s1. The van der Waals surface area contributed by atoms with Crippen LogP contribution >= 0.6 is 23.4 Å². The Morgan fingerprint density at radius 2 is 2.21 bits per heavy atom. The first kappa shape index (κ1) is 17.1. The average molecular weight is 369 g/mol. The summed E-state index contributed by atoms with van der Waals surface area (Å²) in [5, 5.41) is 3.02. The second-order valence-electron chi connectivity index (χ2n) is 5.94. The van der Waals surface area contributed by atoms with E-state index in [1.807, 2.05) is 6.92 Å². The van der Waals surface area contributed by atoms with E-state index in [1.54, 1.807) is 22.7 Å². The molecule has 0 unspecified atom stereocenters. The van der Waals surface area contributed by atoms with Gasteiger partial charge in [0.25, 0.3) is 0 Å². The fraction of sp³-hybridized carbons (Fsp3) is 0.438. The second-order valence-corrected chi connectivity index (χ2v) is 7.85. The molecule has 8 heteroatoms. The smallest absolute Gasteiger partial charge is 0.339 e. The number of ether oxygens (including phenoxy) is 1. The number of methoxy groups -OCH3 is 1. The van der Waals surface area contributed by atoms with Crippen LogP contribution in [0.3, 0.4) is 0 Å². The maximum atomic E-state index is 12.6. The minimum absolute atomic E-state index is 0.00834. The van der Waals surface area contributed by atoms with Gasteiger partial charge < -0.3 is 15.0 Å². The molecular formula is C16H17ClN2O4S. The molecule has 2 amide bonds. The summed E-state index contributed by atoms with van der Waals surface area (Å²) in [6, 6.07) is 4.10. The highest BCUT2D eigenvalue weighted by atomic mass is 35.5. The Labute approximate surface area is 148 Å². The summed E-state index contributed by atoms with van der Waals surface area (Å²) in [4.78, 5) is 37.8. The van der Waals surface area contributed by atoms with Crippen LogP contribution in [0.1, 0.15) is 30.1 Å². The van der Waals surface area contributed by atoms with Gasteiger partial charge in [-0.3, -0.25) is 9.59 Å². The van der Waals surface area contributed by atoms with Crippen LogP contribution in [0, 0.1) is 0 Å². The van der Waals surface area contributed by atoms with E-state index in [9.17, 15) is 14.4 Å². The molecule has 1 aromatic rings. The lowest BCUT2D eigenvalue weighted by Gasteiger charge is -2.29. The normalized spacial score (nSPS) is 25.5. The van der Waals surface area contributed by atoms with Crippen LogP contribution in [-0.4, -0.2) is 46.5 Å². The zero-order chi connectivity index (χ0) is 17.5. The molecule has 2 heterocycles. The molecule has 2 atom stereocenters. The van der Waals surface area contributed by atoms with Crippen LogP contribution in [0.15, 0.2) is 18.2 Å². The fourth-order valence-corrected chi connectivity index (χ4v) is 4.74. The van der Waals surface area contributed by atoms with Crippen molar-refractivity contribution < 1.29 is 19.1 Å². The van der Waals surface area contributed by atoms with Crippen LogP contribution in [0.25, 0.3) is 0 Å². The lowest BCUT2D eigenvalue weighted by molar-refractivity contribution is -0.135. The summed E-state index contributed by atoms with van der Waals surface area (Å²) in [5.41, 5.74) is 0.620. The van der Waals surface area contributed by atoms with E-state index < -0.39 is 12.0 Å². The highest BCUT2D eigenvalue weighted by Gasteiger charge is 2.52. The predicted molar refractivity (Wildman–Crippen MR) is 92.2 cm³/mol. The lowest BCUT2D eigenvalue weighted by Crippen LogP contribution is -2.48. The molecule has 0 spiro atoms. The largest absolute Gasteiger partial charge is 0.465 e. The number of thioether (sulfide) groups is 1. The summed E-state index contributed by atoms with van der Waals surface area (Å²) in [6.45, 7) is 1.99. The number of esters is 1. The van der Waals surface area contributed by atoms with E-state index in [0.717, 1.165) is 6.42 Å². The van der Waals surface area contributed by atoms with Gasteiger partial charge in [0.1, 0.15) is 6.04 Å². The molecule has 2 aliphatic rings. The predicted octanol–water partition coefficient (Wildman–Crippen LogP) is 2.52. The van der Waals surface area contributed by atoms with Crippen molar-refractivity contribution in [1.82, 2.24) is 4.90 Å². The third-order valence-corrected chi connectivity index (χ3v) is 6.22. The molecule has 0 aliphatic carbocycles. The van der Waals surface area contributed by atoms with E-state index >= 15 is 0 Å². The van der Waals surface area contributed by atoms with Gasteiger partial charge in [-0.2, -0.15) is 0 Å². The monoisotopic (exact) mass is 368 g/mol. The van der Waals surface area contributed by atoms with E-state index in [4.69, 9.17) is 11.6 Å². The molecule has 0 bridgehead atoms. The second kappa shape index (κ2) is 6.29. The van der Waals surface area contributed by atoms with Gasteiger partial charge >= 0.3 is 5.97 Å². The Hall–Kier alpha value is -1.73. The van der Waals surface area contributed by atoms with Gasteiger partial charge in [-0.1, -0.05) is 11.6 Å².